The van der Waals surface area contributed by atoms with Crippen molar-refractivity contribution in [2.45, 2.75) is 25.8 Å². The van der Waals surface area contributed by atoms with Gasteiger partial charge in [0.15, 0.2) is 6.04 Å². The Labute approximate surface area is 192 Å². The summed E-state index contributed by atoms with van der Waals surface area (Å²) in [6.45, 7) is 3.19. The second kappa shape index (κ2) is 9.85. The number of carbonyl (C=O) groups excluding carboxylic acids is 2. The van der Waals surface area contributed by atoms with E-state index in [2.05, 4.69) is 5.32 Å². The van der Waals surface area contributed by atoms with Crippen LogP contribution in [-0.4, -0.2) is 49.2 Å². The molecule has 8 heteroatoms. The number of amides is 1. The third-order valence-corrected chi connectivity index (χ3v) is 6.01. The molecule has 33 heavy (non-hydrogen) atoms. The lowest BCUT2D eigenvalue weighted by Crippen LogP contribution is -2.46. The second-order valence-corrected chi connectivity index (χ2v) is 8.15. The Morgan fingerprint density at radius 1 is 1.12 bits per heavy atom. The number of hydrogen-bond donors (Lipinski definition) is 1. The van der Waals surface area contributed by atoms with Gasteiger partial charge in [0.1, 0.15) is 5.75 Å². The number of nitrogens with one attached hydrogen (secondary N) is 1. The Morgan fingerprint density at radius 3 is 2.64 bits per heavy atom. The number of ether oxygens (including phenoxy) is 2. The smallest absolute Gasteiger partial charge is 0.333 e. The first-order chi connectivity index (χ1) is 16.0. The van der Waals surface area contributed by atoms with Gasteiger partial charge in [-0.2, -0.15) is 0 Å². The predicted molar refractivity (Wildman–Crippen MR) is 125 cm³/mol. The molecule has 1 N–H and O–H groups in total. The lowest BCUT2D eigenvalue weighted by Gasteiger charge is -2.33. The lowest BCUT2D eigenvalue weighted by atomic mass is 9.96. The minimum absolute atomic E-state index is 0.182. The van der Waals surface area contributed by atoms with Gasteiger partial charge in [-0.25, -0.2) is 14.8 Å². The summed E-state index contributed by atoms with van der Waals surface area (Å²) in [6.07, 6.45) is 1.55. The van der Waals surface area contributed by atoms with Crippen LogP contribution in [0.1, 0.15) is 30.1 Å². The van der Waals surface area contributed by atoms with Crippen LogP contribution in [0, 0.1) is 12.8 Å². The number of aryl methyl sites for hydroxylation is 1. The van der Waals surface area contributed by atoms with Crippen molar-refractivity contribution >= 4 is 28.7 Å². The van der Waals surface area contributed by atoms with Crippen molar-refractivity contribution < 1.29 is 19.1 Å². The molecule has 8 nitrogen and oxygen atoms in total. The van der Waals surface area contributed by atoms with Gasteiger partial charge in [0.05, 0.1) is 31.3 Å². The van der Waals surface area contributed by atoms with Crippen molar-refractivity contribution in [3.63, 3.8) is 0 Å². The Morgan fingerprint density at radius 2 is 1.91 bits per heavy atom. The van der Waals surface area contributed by atoms with Gasteiger partial charge in [0, 0.05) is 24.5 Å². The predicted octanol–water partition coefficient (Wildman–Crippen LogP) is 3.19. The van der Waals surface area contributed by atoms with Crippen molar-refractivity contribution in [2.24, 2.45) is 5.92 Å². The van der Waals surface area contributed by atoms with Crippen LogP contribution < -0.4 is 15.0 Å². The standard InChI is InChI=1S/C25H28N4O4/c1-16-20-12-11-19(32-2)14-21(20)27-25(26-16)29-13-7-10-18(15-29)23(30)28-22(24(31)33-3)17-8-5-4-6-9-17/h4-6,8-9,11-12,14,18,22H,7,10,13,15H2,1-3H3,(H,28,30)/t18?,22-/m0/s1. The van der Waals surface area contributed by atoms with E-state index in [0.29, 0.717) is 18.1 Å². The van der Waals surface area contributed by atoms with E-state index in [1.807, 2.05) is 48.2 Å². The van der Waals surface area contributed by atoms with E-state index in [4.69, 9.17) is 19.4 Å². The normalized spacial score (nSPS) is 16.8. The van der Waals surface area contributed by atoms with Crippen LogP contribution in [0.3, 0.4) is 0 Å². The first kappa shape index (κ1) is 22.5. The van der Waals surface area contributed by atoms with Crippen molar-refractivity contribution in [2.75, 3.05) is 32.2 Å². The number of benzene rings is 2. The Kier molecular flexibility index (Phi) is 6.72. The molecule has 1 unspecified atom stereocenters. The molecule has 1 aliphatic rings. The molecule has 1 saturated heterocycles. The molecule has 2 heterocycles. The van der Waals surface area contributed by atoms with Crippen LogP contribution in [0.5, 0.6) is 5.75 Å². The minimum Gasteiger partial charge on any atom is -0.497 e. The van der Waals surface area contributed by atoms with E-state index in [-0.39, 0.29) is 11.8 Å². The number of aromatic nitrogens is 2. The highest BCUT2D eigenvalue weighted by atomic mass is 16.5. The van der Waals surface area contributed by atoms with Crippen molar-refractivity contribution in [1.29, 1.82) is 0 Å². The van der Waals surface area contributed by atoms with Crippen molar-refractivity contribution in [3.05, 3.63) is 59.8 Å². The maximum Gasteiger partial charge on any atom is 0.333 e. The van der Waals surface area contributed by atoms with Crippen LogP contribution >= 0.6 is 0 Å². The molecule has 1 aromatic heterocycles. The van der Waals surface area contributed by atoms with Crippen molar-refractivity contribution in [3.8, 4) is 5.75 Å². The molecule has 1 fully saturated rings. The summed E-state index contributed by atoms with van der Waals surface area (Å²) in [7, 11) is 2.95. The summed E-state index contributed by atoms with van der Waals surface area (Å²) < 4.78 is 10.3. The molecule has 172 valence electrons. The van der Waals surface area contributed by atoms with Gasteiger partial charge in [-0.1, -0.05) is 30.3 Å². The highest BCUT2D eigenvalue weighted by molar-refractivity contribution is 5.87. The molecule has 0 aliphatic carbocycles. The van der Waals surface area contributed by atoms with Gasteiger partial charge in [0.25, 0.3) is 0 Å². The third-order valence-electron chi connectivity index (χ3n) is 6.01. The summed E-state index contributed by atoms with van der Waals surface area (Å²) >= 11 is 0. The summed E-state index contributed by atoms with van der Waals surface area (Å²) in [5.74, 6) is 0.359. The average molecular weight is 449 g/mol. The van der Waals surface area contributed by atoms with Crippen molar-refractivity contribution in [1.82, 2.24) is 15.3 Å². The number of methoxy groups -OCH3 is 2. The molecule has 1 aliphatic heterocycles. The number of carbonyl (C=O) groups is 2. The molecule has 2 atom stereocenters. The van der Waals surface area contributed by atoms with E-state index in [1.54, 1.807) is 19.2 Å². The van der Waals surface area contributed by atoms with E-state index in [0.717, 1.165) is 41.7 Å². The molecule has 4 rings (SSSR count). The van der Waals surface area contributed by atoms with Gasteiger partial charge in [0.2, 0.25) is 11.9 Å². The van der Waals surface area contributed by atoms with Crippen LogP contribution in [0.4, 0.5) is 5.95 Å². The van der Waals surface area contributed by atoms with E-state index in [1.165, 1.54) is 7.11 Å². The first-order valence-corrected chi connectivity index (χ1v) is 11.0. The SMILES string of the molecule is COC(=O)[C@@H](NC(=O)C1CCCN(c2nc(C)c3ccc(OC)cc3n2)C1)c1ccccc1. The summed E-state index contributed by atoms with van der Waals surface area (Å²) in [6, 6.07) is 14.0. The number of esters is 1. The number of fused-ring (bicyclic) bond motifs is 1. The molecule has 0 bridgehead atoms. The van der Waals surface area contributed by atoms with Gasteiger partial charge in [-0.05, 0) is 37.5 Å². The molecule has 0 spiro atoms. The van der Waals surface area contributed by atoms with Crippen LogP contribution in [0.2, 0.25) is 0 Å². The zero-order valence-corrected chi connectivity index (χ0v) is 19.1. The zero-order chi connectivity index (χ0) is 23.4. The second-order valence-electron chi connectivity index (χ2n) is 8.15. The lowest BCUT2D eigenvalue weighted by molar-refractivity contribution is -0.145. The monoisotopic (exact) mass is 448 g/mol. The van der Waals surface area contributed by atoms with Crippen LogP contribution in [0.25, 0.3) is 10.9 Å². The molecule has 2 aromatic carbocycles. The quantitative estimate of drug-likeness (QED) is 0.579. The van der Waals surface area contributed by atoms with E-state index in [9.17, 15) is 9.59 Å². The molecular formula is C25H28N4O4. The van der Waals surface area contributed by atoms with Gasteiger partial charge in [-0.15, -0.1) is 0 Å². The fourth-order valence-electron chi connectivity index (χ4n) is 4.20. The number of hydrogen-bond acceptors (Lipinski definition) is 7. The zero-order valence-electron chi connectivity index (χ0n) is 19.1. The van der Waals surface area contributed by atoms with Gasteiger partial charge in [-0.3, -0.25) is 4.79 Å². The molecular weight excluding hydrogens is 420 g/mol. The van der Waals surface area contributed by atoms with Gasteiger partial charge >= 0.3 is 5.97 Å². The maximum absolute atomic E-state index is 13.1. The highest BCUT2D eigenvalue weighted by Gasteiger charge is 2.31. The molecule has 0 saturated carbocycles. The Hall–Kier alpha value is -3.68. The first-order valence-electron chi connectivity index (χ1n) is 11.0. The molecule has 0 radical (unpaired) electrons. The Bertz CT molecular complexity index is 1150. The molecule has 1 amide bonds. The number of nitrogens with zero attached hydrogens (tertiary/aromatic N) is 3. The van der Waals surface area contributed by atoms with E-state index >= 15 is 0 Å². The average Bonchev–Trinajstić information content (AvgIpc) is 2.86. The summed E-state index contributed by atoms with van der Waals surface area (Å²) in [5.41, 5.74) is 2.37. The highest BCUT2D eigenvalue weighted by Crippen LogP contribution is 2.27. The summed E-state index contributed by atoms with van der Waals surface area (Å²) in [4.78, 5) is 37.0. The maximum atomic E-state index is 13.1. The number of piperidine rings is 1. The summed E-state index contributed by atoms with van der Waals surface area (Å²) in [5, 5.41) is 3.85. The topological polar surface area (TPSA) is 93.7 Å². The Balaban J connectivity index is 1.53. The number of rotatable bonds is 6. The van der Waals surface area contributed by atoms with Gasteiger partial charge < -0.3 is 19.7 Å². The van der Waals surface area contributed by atoms with Crippen LogP contribution in [0.15, 0.2) is 48.5 Å². The number of anilines is 1. The minimum atomic E-state index is -0.842. The third kappa shape index (κ3) is 4.89. The largest absolute Gasteiger partial charge is 0.497 e. The fourth-order valence-corrected chi connectivity index (χ4v) is 4.20. The molecule has 3 aromatic rings. The van der Waals surface area contributed by atoms with Crippen LogP contribution in [-0.2, 0) is 14.3 Å². The van der Waals surface area contributed by atoms with E-state index < -0.39 is 12.0 Å². The fraction of sp³-hybridized carbons (Fsp3) is 0.360.